The molecule has 0 saturated heterocycles. The van der Waals surface area contributed by atoms with E-state index in [2.05, 4.69) is 36.2 Å². The number of rotatable bonds is 5. The van der Waals surface area contributed by atoms with E-state index in [0.29, 0.717) is 11.6 Å². The van der Waals surface area contributed by atoms with E-state index in [1.165, 1.54) is 18.0 Å². The molecule has 2 aromatic heterocycles. The van der Waals surface area contributed by atoms with E-state index in [1.807, 2.05) is 0 Å². The molecule has 1 aliphatic rings. The molecule has 1 aliphatic heterocycles. The van der Waals surface area contributed by atoms with E-state index >= 15 is 0 Å². The summed E-state index contributed by atoms with van der Waals surface area (Å²) in [6.45, 7) is 1.45. The fraction of sp³-hybridized carbons (Fsp3) is 0.357. The molecule has 2 atom stereocenters. The van der Waals surface area contributed by atoms with Crippen molar-refractivity contribution in [1.82, 2.24) is 36.2 Å². The van der Waals surface area contributed by atoms with Crippen LogP contribution in [0.3, 0.4) is 0 Å². The Kier molecular flexibility index (Phi) is 4.73. The highest BCUT2D eigenvalue weighted by Crippen LogP contribution is 2.30. The number of carboxylic acid groups (broad SMARTS) is 1. The monoisotopic (exact) mass is 360 g/mol. The summed E-state index contributed by atoms with van der Waals surface area (Å²) in [6.07, 6.45) is 0.449. The lowest BCUT2D eigenvalue weighted by Crippen LogP contribution is -2.54. The summed E-state index contributed by atoms with van der Waals surface area (Å²) in [4.78, 5) is 41.6. The van der Waals surface area contributed by atoms with E-state index in [4.69, 9.17) is 5.11 Å². The third-order valence-corrected chi connectivity index (χ3v) is 3.88. The third-order valence-electron chi connectivity index (χ3n) is 3.88. The molecule has 12 heteroatoms. The molecule has 2 unspecified atom stereocenters. The lowest BCUT2D eigenvalue weighted by Gasteiger charge is -2.26. The Labute approximate surface area is 147 Å². The summed E-state index contributed by atoms with van der Waals surface area (Å²) < 4.78 is 0. The first-order valence-corrected chi connectivity index (χ1v) is 7.74. The van der Waals surface area contributed by atoms with E-state index in [1.54, 1.807) is 12.1 Å². The van der Waals surface area contributed by atoms with Gasteiger partial charge in [0.25, 0.3) is 5.91 Å². The number of carbonyl (C=O) groups is 3. The van der Waals surface area contributed by atoms with Crippen molar-refractivity contribution in [2.45, 2.75) is 32.0 Å². The van der Waals surface area contributed by atoms with Gasteiger partial charge in [-0.15, -0.1) is 10.2 Å². The maximum Gasteiger partial charge on any atom is 0.405 e. The Hall–Kier alpha value is -3.57. The number of aromatic amines is 1. The van der Waals surface area contributed by atoms with Crippen molar-refractivity contribution in [2.75, 3.05) is 4.90 Å². The number of carbonyl (C=O) groups excluding carboxylic acids is 2. The van der Waals surface area contributed by atoms with Crippen LogP contribution in [0, 0.1) is 0 Å². The van der Waals surface area contributed by atoms with Gasteiger partial charge in [0, 0.05) is 12.6 Å². The topological polar surface area (TPSA) is 166 Å². The third kappa shape index (κ3) is 3.43. The molecule has 0 saturated carbocycles. The SMILES string of the molecule is CC(NC(=O)O)C(=O)N1c2ncccc2CC1C(=O)NCc1nn[nH]n1. The smallest absolute Gasteiger partial charge is 0.405 e. The molecule has 12 nitrogen and oxygen atoms in total. The zero-order valence-electron chi connectivity index (χ0n) is 13.7. The van der Waals surface area contributed by atoms with Gasteiger partial charge in [0.15, 0.2) is 5.82 Å². The van der Waals surface area contributed by atoms with Crippen LogP contribution < -0.4 is 15.5 Å². The summed E-state index contributed by atoms with van der Waals surface area (Å²) in [7, 11) is 0. The van der Waals surface area contributed by atoms with Crippen LogP contribution in [0.25, 0.3) is 0 Å². The molecular weight excluding hydrogens is 344 g/mol. The molecule has 0 fully saturated rings. The molecule has 3 heterocycles. The number of hydrogen-bond donors (Lipinski definition) is 4. The van der Waals surface area contributed by atoms with Crippen molar-refractivity contribution in [3.8, 4) is 0 Å². The fourth-order valence-corrected chi connectivity index (χ4v) is 2.72. The lowest BCUT2D eigenvalue weighted by atomic mass is 10.1. The van der Waals surface area contributed by atoms with Crippen molar-refractivity contribution in [2.24, 2.45) is 0 Å². The van der Waals surface area contributed by atoms with Gasteiger partial charge >= 0.3 is 6.09 Å². The normalized spacial score (nSPS) is 16.7. The second-order valence-corrected chi connectivity index (χ2v) is 5.63. The van der Waals surface area contributed by atoms with Crippen molar-refractivity contribution >= 4 is 23.7 Å². The van der Waals surface area contributed by atoms with E-state index in [9.17, 15) is 14.4 Å². The molecule has 0 spiro atoms. The Bertz CT molecular complexity index is 824. The highest BCUT2D eigenvalue weighted by atomic mass is 16.4. The van der Waals surface area contributed by atoms with Crippen LogP contribution in [0.15, 0.2) is 18.3 Å². The molecule has 26 heavy (non-hydrogen) atoms. The summed E-state index contributed by atoms with van der Waals surface area (Å²) >= 11 is 0. The largest absolute Gasteiger partial charge is 0.465 e. The van der Waals surface area contributed by atoms with Gasteiger partial charge < -0.3 is 15.7 Å². The van der Waals surface area contributed by atoms with Crippen molar-refractivity contribution < 1.29 is 19.5 Å². The average Bonchev–Trinajstić information content (AvgIpc) is 3.25. The van der Waals surface area contributed by atoms with E-state index in [-0.39, 0.29) is 13.0 Å². The minimum Gasteiger partial charge on any atom is -0.465 e. The highest BCUT2D eigenvalue weighted by molar-refractivity contribution is 6.05. The minimum absolute atomic E-state index is 0.0422. The predicted octanol–water partition coefficient (Wildman–Crippen LogP) is -1.18. The number of tetrazole rings is 1. The number of nitrogens with zero attached hydrogens (tertiary/aromatic N) is 5. The van der Waals surface area contributed by atoms with E-state index < -0.39 is 30.0 Å². The first-order valence-electron chi connectivity index (χ1n) is 7.74. The first kappa shape index (κ1) is 17.3. The fourth-order valence-electron chi connectivity index (χ4n) is 2.72. The standard InChI is InChI=1S/C14H16N8O4/c1-7(17-14(25)26)13(24)22-9(5-8-3-2-4-15-11(8)22)12(23)16-6-10-18-20-21-19-10/h2-4,7,9,17H,5-6H2,1H3,(H,16,23)(H,25,26)(H,18,19,20,21). The lowest BCUT2D eigenvalue weighted by molar-refractivity contribution is -0.126. The molecule has 4 N–H and O–H groups in total. The second-order valence-electron chi connectivity index (χ2n) is 5.63. The molecule has 2 aromatic rings. The van der Waals surface area contributed by atoms with Crippen molar-refractivity contribution in [3.05, 3.63) is 29.7 Å². The zero-order chi connectivity index (χ0) is 18.7. The number of nitrogens with one attached hydrogen (secondary N) is 3. The molecule has 3 amide bonds. The first-order chi connectivity index (χ1) is 12.5. The van der Waals surface area contributed by atoms with Gasteiger partial charge in [0.1, 0.15) is 17.9 Å². The van der Waals surface area contributed by atoms with Crippen LogP contribution in [0.2, 0.25) is 0 Å². The van der Waals surface area contributed by atoms with E-state index in [0.717, 1.165) is 5.56 Å². The Morgan fingerprint density at radius 3 is 2.96 bits per heavy atom. The summed E-state index contributed by atoms with van der Waals surface area (Å²) in [5, 5.41) is 26.7. The maximum absolute atomic E-state index is 12.7. The van der Waals surface area contributed by atoms with Crippen LogP contribution in [0.1, 0.15) is 18.3 Å². The molecule has 136 valence electrons. The van der Waals surface area contributed by atoms with Crippen LogP contribution in [-0.2, 0) is 22.6 Å². The van der Waals surface area contributed by atoms with Gasteiger partial charge in [-0.2, -0.15) is 5.21 Å². The summed E-state index contributed by atoms with van der Waals surface area (Å²) in [6, 6.07) is 1.59. The number of aromatic nitrogens is 5. The molecule has 3 rings (SSSR count). The van der Waals surface area contributed by atoms with Crippen LogP contribution in [0.4, 0.5) is 10.6 Å². The van der Waals surface area contributed by atoms with Gasteiger partial charge in [-0.1, -0.05) is 11.3 Å². The number of H-pyrrole nitrogens is 1. The molecule has 0 radical (unpaired) electrons. The summed E-state index contributed by atoms with van der Waals surface area (Å²) in [5.41, 5.74) is 0.725. The van der Waals surface area contributed by atoms with Crippen molar-refractivity contribution in [3.63, 3.8) is 0 Å². The highest BCUT2D eigenvalue weighted by Gasteiger charge is 2.41. The quantitative estimate of drug-likeness (QED) is 0.517. The predicted molar refractivity (Wildman–Crippen MR) is 85.9 cm³/mol. The minimum atomic E-state index is -1.33. The number of amides is 3. The molecular formula is C14H16N8O4. The Morgan fingerprint density at radius 1 is 1.46 bits per heavy atom. The number of hydrogen-bond acceptors (Lipinski definition) is 7. The zero-order valence-corrected chi connectivity index (χ0v) is 13.7. The van der Waals surface area contributed by atoms with Crippen LogP contribution >= 0.6 is 0 Å². The molecule has 0 aliphatic carbocycles. The summed E-state index contributed by atoms with van der Waals surface area (Å²) in [5.74, 6) is -0.352. The van der Waals surface area contributed by atoms with Gasteiger partial charge in [-0.25, -0.2) is 9.78 Å². The maximum atomic E-state index is 12.7. The van der Waals surface area contributed by atoms with Crippen LogP contribution in [-0.4, -0.2) is 60.7 Å². The van der Waals surface area contributed by atoms with Gasteiger partial charge in [0.05, 0.1) is 6.54 Å². The second kappa shape index (κ2) is 7.13. The van der Waals surface area contributed by atoms with Crippen molar-refractivity contribution in [1.29, 1.82) is 0 Å². The number of pyridine rings is 1. The molecule has 0 bridgehead atoms. The van der Waals surface area contributed by atoms with Crippen LogP contribution in [0.5, 0.6) is 0 Å². The van der Waals surface area contributed by atoms with Gasteiger partial charge in [-0.3, -0.25) is 14.5 Å². The Balaban J connectivity index is 1.80. The molecule has 0 aromatic carbocycles. The van der Waals surface area contributed by atoms with Gasteiger partial charge in [-0.05, 0) is 18.6 Å². The average molecular weight is 360 g/mol. The van der Waals surface area contributed by atoms with Gasteiger partial charge in [0.2, 0.25) is 5.91 Å². The Morgan fingerprint density at radius 2 is 2.27 bits per heavy atom. The number of anilines is 1. The number of fused-ring (bicyclic) bond motifs is 1.